The lowest BCUT2D eigenvalue weighted by molar-refractivity contribution is 0.0697. The van der Waals surface area contributed by atoms with Crippen molar-refractivity contribution in [1.29, 1.82) is 0 Å². The maximum Gasteiger partial charge on any atom is 0.338 e. The van der Waals surface area contributed by atoms with Crippen molar-refractivity contribution in [3.8, 4) is 5.95 Å². The van der Waals surface area contributed by atoms with E-state index < -0.39 is 5.97 Å². The smallest absolute Gasteiger partial charge is 0.338 e. The maximum absolute atomic E-state index is 12.6. The van der Waals surface area contributed by atoms with Crippen LogP contribution in [0.4, 0.5) is 0 Å². The van der Waals surface area contributed by atoms with E-state index in [0.717, 1.165) is 19.4 Å². The van der Waals surface area contributed by atoms with Crippen LogP contribution < -0.4 is 5.56 Å². The van der Waals surface area contributed by atoms with Crippen LogP contribution in [0.2, 0.25) is 0 Å². The molecule has 2 N–H and O–H groups in total. The SMILES string of the molecule is O=C(O)c1cnn(-c2nc3cnn(CC4CCCCCC4)c3c(=O)[nH]2)c1. The highest BCUT2D eigenvalue weighted by Crippen LogP contribution is 2.24. The minimum atomic E-state index is -1.09. The molecule has 3 aromatic heterocycles. The van der Waals surface area contributed by atoms with E-state index in [-0.39, 0.29) is 17.1 Å². The molecule has 0 aliphatic heterocycles. The van der Waals surface area contributed by atoms with Gasteiger partial charge in [-0.05, 0) is 18.8 Å². The molecule has 1 aliphatic carbocycles. The fraction of sp³-hybridized carbons (Fsp3) is 0.471. The summed E-state index contributed by atoms with van der Waals surface area (Å²) in [6.45, 7) is 0.721. The molecule has 0 spiro atoms. The molecule has 9 heteroatoms. The summed E-state index contributed by atoms with van der Waals surface area (Å²) in [4.78, 5) is 30.6. The van der Waals surface area contributed by atoms with Crippen LogP contribution in [0.5, 0.6) is 0 Å². The van der Waals surface area contributed by atoms with Crippen molar-refractivity contribution < 1.29 is 9.90 Å². The fourth-order valence-corrected chi connectivity index (χ4v) is 3.58. The lowest BCUT2D eigenvalue weighted by Gasteiger charge is -2.14. The van der Waals surface area contributed by atoms with Crippen LogP contribution in [-0.4, -0.2) is 40.6 Å². The fourth-order valence-electron chi connectivity index (χ4n) is 3.58. The highest BCUT2D eigenvalue weighted by atomic mass is 16.4. The standard InChI is InChI=1S/C17H20N6O3/c24-15-14-13(8-19-22(14)9-11-5-3-1-2-4-6-11)20-17(21-15)23-10-12(7-18-23)16(25)26/h7-8,10-11H,1-6,9H2,(H,25,26)(H,20,21,24). The number of fused-ring (bicyclic) bond motifs is 1. The van der Waals surface area contributed by atoms with Gasteiger partial charge in [-0.3, -0.25) is 14.5 Å². The molecule has 0 amide bonds. The normalized spacial score (nSPS) is 16.0. The Hall–Kier alpha value is -2.97. The molecule has 0 radical (unpaired) electrons. The lowest BCUT2D eigenvalue weighted by Crippen LogP contribution is -2.19. The number of carbonyl (C=O) groups is 1. The Morgan fingerprint density at radius 1 is 1.19 bits per heavy atom. The van der Waals surface area contributed by atoms with Gasteiger partial charge in [-0.25, -0.2) is 14.5 Å². The van der Waals surface area contributed by atoms with Crippen molar-refractivity contribution in [3.63, 3.8) is 0 Å². The highest BCUT2D eigenvalue weighted by Gasteiger charge is 2.18. The Morgan fingerprint density at radius 2 is 1.96 bits per heavy atom. The number of rotatable bonds is 4. The average Bonchev–Trinajstić information content (AvgIpc) is 3.18. The van der Waals surface area contributed by atoms with Gasteiger partial charge in [0.1, 0.15) is 5.52 Å². The molecule has 3 heterocycles. The Kier molecular flexibility index (Phi) is 4.27. The molecule has 0 unspecified atom stereocenters. The molecular formula is C17H20N6O3. The predicted octanol–water partition coefficient (Wildman–Crippen LogP) is 1.97. The van der Waals surface area contributed by atoms with Crippen molar-refractivity contribution in [2.75, 3.05) is 0 Å². The average molecular weight is 356 g/mol. The number of aromatic amines is 1. The zero-order valence-corrected chi connectivity index (χ0v) is 14.3. The van der Waals surface area contributed by atoms with Gasteiger partial charge in [-0.15, -0.1) is 0 Å². The van der Waals surface area contributed by atoms with E-state index in [4.69, 9.17) is 5.11 Å². The number of hydrogen-bond acceptors (Lipinski definition) is 5. The highest BCUT2D eigenvalue weighted by molar-refractivity contribution is 5.87. The molecule has 0 bridgehead atoms. The minimum Gasteiger partial charge on any atom is -0.478 e. The van der Waals surface area contributed by atoms with Gasteiger partial charge < -0.3 is 5.11 Å². The van der Waals surface area contributed by atoms with Crippen LogP contribution >= 0.6 is 0 Å². The van der Waals surface area contributed by atoms with Gasteiger partial charge in [0.25, 0.3) is 5.56 Å². The third-order valence-electron chi connectivity index (χ3n) is 4.94. The van der Waals surface area contributed by atoms with E-state index in [0.29, 0.717) is 17.0 Å². The summed E-state index contributed by atoms with van der Waals surface area (Å²) < 4.78 is 2.99. The third kappa shape index (κ3) is 3.12. The van der Waals surface area contributed by atoms with Gasteiger partial charge in [-0.1, -0.05) is 25.7 Å². The van der Waals surface area contributed by atoms with E-state index in [9.17, 15) is 9.59 Å². The summed E-state index contributed by atoms with van der Waals surface area (Å²) >= 11 is 0. The number of H-pyrrole nitrogens is 1. The van der Waals surface area contributed by atoms with Gasteiger partial charge in [0, 0.05) is 12.7 Å². The molecule has 1 fully saturated rings. The number of aromatic nitrogens is 6. The summed E-state index contributed by atoms with van der Waals surface area (Å²) in [5, 5.41) is 17.3. The summed E-state index contributed by atoms with van der Waals surface area (Å²) in [7, 11) is 0. The van der Waals surface area contributed by atoms with Gasteiger partial charge in [-0.2, -0.15) is 10.2 Å². The zero-order chi connectivity index (χ0) is 18.1. The summed E-state index contributed by atoms with van der Waals surface area (Å²) in [5.74, 6) is -0.385. The van der Waals surface area contributed by atoms with Crippen LogP contribution in [-0.2, 0) is 6.54 Å². The van der Waals surface area contributed by atoms with Crippen LogP contribution in [0.25, 0.3) is 17.0 Å². The third-order valence-corrected chi connectivity index (χ3v) is 4.94. The molecule has 1 aliphatic rings. The van der Waals surface area contributed by atoms with Gasteiger partial charge >= 0.3 is 5.97 Å². The summed E-state index contributed by atoms with van der Waals surface area (Å²) in [5.41, 5.74) is 0.647. The van der Waals surface area contributed by atoms with Crippen molar-refractivity contribution in [1.82, 2.24) is 29.5 Å². The summed E-state index contributed by atoms with van der Waals surface area (Å²) in [6.07, 6.45) is 11.4. The Labute approximate surface area is 148 Å². The Balaban J connectivity index is 1.66. The predicted molar refractivity (Wildman–Crippen MR) is 93.4 cm³/mol. The minimum absolute atomic E-state index is 0.0248. The first kappa shape index (κ1) is 16.5. The van der Waals surface area contributed by atoms with Crippen LogP contribution in [0, 0.1) is 5.92 Å². The van der Waals surface area contributed by atoms with E-state index in [1.807, 2.05) is 0 Å². The zero-order valence-electron chi connectivity index (χ0n) is 14.3. The van der Waals surface area contributed by atoms with Crippen molar-refractivity contribution >= 4 is 17.0 Å². The topological polar surface area (TPSA) is 119 Å². The number of hydrogen-bond donors (Lipinski definition) is 2. The lowest BCUT2D eigenvalue weighted by atomic mass is 10.0. The first-order chi connectivity index (χ1) is 12.6. The second kappa shape index (κ2) is 6.74. The molecule has 9 nitrogen and oxygen atoms in total. The molecule has 0 saturated heterocycles. The number of nitrogens with one attached hydrogen (secondary N) is 1. The van der Waals surface area contributed by atoms with Crippen molar-refractivity contribution in [2.24, 2.45) is 5.92 Å². The molecule has 3 aromatic rings. The molecule has 136 valence electrons. The van der Waals surface area contributed by atoms with E-state index in [1.165, 1.54) is 42.8 Å². The molecular weight excluding hydrogens is 336 g/mol. The van der Waals surface area contributed by atoms with E-state index in [1.54, 1.807) is 10.9 Å². The van der Waals surface area contributed by atoms with Crippen molar-refractivity contribution in [3.05, 3.63) is 34.5 Å². The van der Waals surface area contributed by atoms with E-state index in [2.05, 4.69) is 20.2 Å². The second-order valence-corrected chi connectivity index (χ2v) is 6.79. The van der Waals surface area contributed by atoms with Gasteiger partial charge in [0.2, 0.25) is 5.95 Å². The number of carboxylic acid groups (broad SMARTS) is 1. The number of carboxylic acids is 1. The monoisotopic (exact) mass is 356 g/mol. The quantitative estimate of drug-likeness (QED) is 0.690. The van der Waals surface area contributed by atoms with Gasteiger partial charge in [0.05, 0.1) is 18.0 Å². The van der Waals surface area contributed by atoms with Crippen molar-refractivity contribution in [2.45, 2.75) is 45.1 Å². The Bertz CT molecular complexity index is 994. The number of aromatic carboxylic acids is 1. The summed E-state index contributed by atoms with van der Waals surface area (Å²) in [6, 6.07) is 0. The molecule has 0 atom stereocenters. The van der Waals surface area contributed by atoms with Gasteiger partial charge in [0.15, 0.2) is 5.52 Å². The first-order valence-corrected chi connectivity index (χ1v) is 8.86. The number of nitrogens with zero attached hydrogens (tertiary/aromatic N) is 5. The molecule has 26 heavy (non-hydrogen) atoms. The molecule has 0 aromatic carbocycles. The van der Waals surface area contributed by atoms with Crippen LogP contribution in [0.1, 0.15) is 48.9 Å². The van der Waals surface area contributed by atoms with Crippen LogP contribution in [0.15, 0.2) is 23.4 Å². The maximum atomic E-state index is 12.6. The first-order valence-electron chi connectivity index (χ1n) is 8.86. The Morgan fingerprint density at radius 3 is 2.65 bits per heavy atom. The van der Waals surface area contributed by atoms with E-state index >= 15 is 0 Å². The molecule has 1 saturated carbocycles. The second-order valence-electron chi connectivity index (χ2n) is 6.79. The molecule has 4 rings (SSSR count). The largest absolute Gasteiger partial charge is 0.478 e. The van der Waals surface area contributed by atoms with Crippen LogP contribution in [0.3, 0.4) is 0 Å².